The lowest BCUT2D eigenvalue weighted by molar-refractivity contribution is 0.203. The van der Waals surface area contributed by atoms with Gasteiger partial charge in [-0.15, -0.1) is 0 Å². The van der Waals surface area contributed by atoms with Crippen LogP contribution >= 0.6 is 0 Å². The predicted molar refractivity (Wildman–Crippen MR) is 68.3 cm³/mol. The summed E-state index contributed by atoms with van der Waals surface area (Å²) in [6.45, 7) is 6.85. The van der Waals surface area contributed by atoms with Crippen molar-refractivity contribution in [2.45, 2.75) is 33.2 Å². The molecule has 0 aromatic heterocycles. The van der Waals surface area contributed by atoms with E-state index in [4.69, 9.17) is 5.11 Å². The van der Waals surface area contributed by atoms with Crippen LogP contribution < -0.4 is 5.32 Å². The molecule has 0 spiro atoms. The van der Waals surface area contributed by atoms with E-state index >= 15 is 0 Å². The lowest BCUT2D eigenvalue weighted by atomic mass is 9.89. The van der Waals surface area contributed by atoms with Crippen molar-refractivity contribution >= 4 is 0 Å². The number of rotatable bonds is 6. The molecule has 1 rings (SSSR count). The molecule has 18 heavy (non-hydrogen) atoms. The highest BCUT2D eigenvalue weighted by Gasteiger charge is 2.18. The molecule has 0 saturated carbocycles. The Labute approximate surface area is 107 Å². The van der Waals surface area contributed by atoms with Crippen LogP contribution in [-0.4, -0.2) is 18.3 Å². The molecule has 2 N–H and O–H groups in total. The normalized spacial score (nSPS) is 13.7. The molecule has 2 nitrogen and oxygen atoms in total. The predicted octanol–water partition coefficient (Wildman–Crippen LogP) is 3.02. The van der Waals surface area contributed by atoms with Crippen molar-refractivity contribution in [2.24, 2.45) is 5.41 Å². The quantitative estimate of drug-likeness (QED) is 0.821. The maximum Gasteiger partial charge on any atom is 0.159 e. The van der Waals surface area contributed by atoms with E-state index in [0.29, 0.717) is 18.5 Å². The average Bonchev–Trinajstić information content (AvgIpc) is 2.30. The monoisotopic (exact) mass is 257 g/mol. The molecule has 1 unspecified atom stereocenters. The third-order valence-corrected chi connectivity index (χ3v) is 3.12. The SMILES string of the molecule is CC(NCC(C)(C)CCO)c1ccc(F)c(F)c1. The van der Waals surface area contributed by atoms with Crippen LogP contribution in [0.4, 0.5) is 8.78 Å². The van der Waals surface area contributed by atoms with Gasteiger partial charge in [-0.2, -0.15) is 0 Å². The van der Waals surface area contributed by atoms with Crippen molar-refractivity contribution in [3.63, 3.8) is 0 Å². The third-order valence-electron chi connectivity index (χ3n) is 3.12. The molecule has 0 saturated heterocycles. The van der Waals surface area contributed by atoms with Gasteiger partial charge in [0.05, 0.1) is 0 Å². The number of hydrogen-bond donors (Lipinski definition) is 2. The topological polar surface area (TPSA) is 32.3 Å². The lowest BCUT2D eigenvalue weighted by Gasteiger charge is -2.26. The zero-order valence-corrected chi connectivity index (χ0v) is 11.1. The highest BCUT2D eigenvalue weighted by atomic mass is 19.2. The number of benzene rings is 1. The van der Waals surface area contributed by atoms with Gasteiger partial charge in [0.25, 0.3) is 0 Å². The number of nitrogens with one attached hydrogen (secondary N) is 1. The molecule has 0 heterocycles. The molecule has 0 aliphatic carbocycles. The second-order valence-corrected chi connectivity index (χ2v) is 5.41. The minimum Gasteiger partial charge on any atom is -0.396 e. The molecular weight excluding hydrogens is 236 g/mol. The fourth-order valence-electron chi connectivity index (χ4n) is 1.72. The summed E-state index contributed by atoms with van der Waals surface area (Å²) in [5.41, 5.74) is 0.690. The Balaban J connectivity index is 2.60. The second kappa shape index (κ2) is 6.25. The van der Waals surface area contributed by atoms with Crippen LogP contribution in [0.1, 0.15) is 38.8 Å². The fourth-order valence-corrected chi connectivity index (χ4v) is 1.72. The van der Waals surface area contributed by atoms with Crippen LogP contribution in [0.15, 0.2) is 18.2 Å². The zero-order chi connectivity index (χ0) is 13.8. The van der Waals surface area contributed by atoms with Gasteiger partial charge in [-0.25, -0.2) is 8.78 Å². The molecule has 0 aliphatic rings. The first-order valence-corrected chi connectivity index (χ1v) is 6.15. The highest BCUT2D eigenvalue weighted by molar-refractivity contribution is 5.20. The van der Waals surface area contributed by atoms with Gasteiger partial charge >= 0.3 is 0 Å². The molecule has 0 bridgehead atoms. The average molecular weight is 257 g/mol. The molecule has 1 aromatic carbocycles. The molecule has 0 fully saturated rings. The Kier molecular flexibility index (Phi) is 5.23. The van der Waals surface area contributed by atoms with Crippen LogP contribution in [0.3, 0.4) is 0 Å². The minimum atomic E-state index is -0.827. The Bertz CT molecular complexity index is 393. The van der Waals surface area contributed by atoms with E-state index in [2.05, 4.69) is 5.32 Å². The molecule has 0 radical (unpaired) electrons. The van der Waals surface area contributed by atoms with E-state index < -0.39 is 11.6 Å². The van der Waals surface area contributed by atoms with Gasteiger partial charge in [0.2, 0.25) is 0 Å². The first kappa shape index (κ1) is 15.1. The molecule has 1 aromatic rings. The number of aliphatic hydroxyl groups is 1. The Morgan fingerprint density at radius 2 is 1.94 bits per heavy atom. The third kappa shape index (κ3) is 4.35. The summed E-state index contributed by atoms with van der Waals surface area (Å²) in [5, 5.41) is 12.2. The van der Waals surface area contributed by atoms with E-state index in [9.17, 15) is 8.78 Å². The zero-order valence-electron chi connectivity index (χ0n) is 11.1. The molecule has 0 amide bonds. The van der Waals surface area contributed by atoms with E-state index in [0.717, 1.165) is 6.07 Å². The van der Waals surface area contributed by atoms with Crippen molar-refractivity contribution in [3.8, 4) is 0 Å². The fraction of sp³-hybridized carbons (Fsp3) is 0.571. The summed E-state index contributed by atoms with van der Waals surface area (Å²) in [7, 11) is 0. The Hall–Kier alpha value is -1.00. The standard InChI is InChI=1S/C14H21F2NO/c1-10(17-9-14(2,3)6-7-18)11-4-5-12(15)13(16)8-11/h4-5,8,10,17-18H,6-7,9H2,1-3H3. The van der Waals surface area contributed by atoms with E-state index in [1.165, 1.54) is 6.07 Å². The number of aliphatic hydroxyl groups excluding tert-OH is 1. The first-order chi connectivity index (χ1) is 8.35. The van der Waals surface area contributed by atoms with Crippen LogP contribution in [0.25, 0.3) is 0 Å². The van der Waals surface area contributed by atoms with Crippen LogP contribution in [0.2, 0.25) is 0 Å². The van der Waals surface area contributed by atoms with Gasteiger partial charge in [0.15, 0.2) is 11.6 Å². The summed E-state index contributed by atoms with van der Waals surface area (Å²) in [6, 6.07) is 3.88. The summed E-state index contributed by atoms with van der Waals surface area (Å²) in [6.07, 6.45) is 0.699. The van der Waals surface area contributed by atoms with Crippen molar-refractivity contribution in [1.29, 1.82) is 0 Å². The van der Waals surface area contributed by atoms with Gasteiger partial charge in [-0.1, -0.05) is 19.9 Å². The van der Waals surface area contributed by atoms with Gasteiger partial charge in [0.1, 0.15) is 0 Å². The smallest absolute Gasteiger partial charge is 0.159 e. The van der Waals surface area contributed by atoms with Crippen LogP contribution in [-0.2, 0) is 0 Å². The second-order valence-electron chi connectivity index (χ2n) is 5.41. The van der Waals surface area contributed by atoms with Crippen molar-refractivity contribution in [2.75, 3.05) is 13.2 Å². The van der Waals surface area contributed by atoms with Gasteiger partial charge < -0.3 is 10.4 Å². The molecular formula is C14H21F2NO. The molecule has 102 valence electrons. The lowest BCUT2D eigenvalue weighted by Crippen LogP contribution is -2.32. The van der Waals surface area contributed by atoms with Gasteiger partial charge in [-0.3, -0.25) is 0 Å². The summed E-state index contributed by atoms with van der Waals surface area (Å²) in [4.78, 5) is 0. The van der Waals surface area contributed by atoms with E-state index in [1.807, 2.05) is 20.8 Å². The Morgan fingerprint density at radius 3 is 2.50 bits per heavy atom. The summed E-state index contributed by atoms with van der Waals surface area (Å²) in [5.74, 6) is -1.65. The maximum absolute atomic E-state index is 13.1. The number of hydrogen-bond acceptors (Lipinski definition) is 2. The molecule has 4 heteroatoms. The van der Waals surface area contributed by atoms with Gasteiger partial charge in [-0.05, 0) is 36.5 Å². The number of halogens is 2. The van der Waals surface area contributed by atoms with Crippen LogP contribution in [0, 0.1) is 17.0 Å². The molecule has 1 atom stereocenters. The van der Waals surface area contributed by atoms with Crippen molar-refractivity contribution in [1.82, 2.24) is 5.32 Å². The van der Waals surface area contributed by atoms with Gasteiger partial charge in [0, 0.05) is 19.2 Å². The van der Waals surface area contributed by atoms with Crippen molar-refractivity contribution in [3.05, 3.63) is 35.4 Å². The largest absolute Gasteiger partial charge is 0.396 e. The van der Waals surface area contributed by atoms with E-state index in [1.54, 1.807) is 6.07 Å². The maximum atomic E-state index is 13.1. The minimum absolute atomic E-state index is 0.0262. The Morgan fingerprint density at radius 1 is 1.28 bits per heavy atom. The first-order valence-electron chi connectivity index (χ1n) is 6.15. The summed E-state index contributed by atoms with van der Waals surface area (Å²) >= 11 is 0. The van der Waals surface area contributed by atoms with Crippen LogP contribution in [0.5, 0.6) is 0 Å². The highest BCUT2D eigenvalue weighted by Crippen LogP contribution is 2.21. The summed E-state index contributed by atoms with van der Waals surface area (Å²) < 4.78 is 25.9. The molecule has 0 aliphatic heterocycles. The van der Waals surface area contributed by atoms with E-state index in [-0.39, 0.29) is 18.1 Å². The van der Waals surface area contributed by atoms with Crippen molar-refractivity contribution < 1.29 is 13.9 Å².